The van der Waals surface area contributed by atoms with E-state index in [9.17, 15) is 4.79 Å². The summed E-state index contributed by atoms with van der Waals surface area (Å²) in [4.78, 5) is 12.6. The molecule has 4 aromatic carbocycles. The normalized spacial score (nSPS) is 11.3. The molecule has 1 amide bonds. The number of aryl methyl sites for hydroxylation is 1. The van der Waals surface area contributed by atoms with Crippen LogP contribution < -0.4 is 5.43 Å². The van der Waals surface area contributed by atoms with E-state index in [-0.39, 0.29) is 11.7 Å². The maximum absolute atomic E-state index is 12.6. The predicted octanol–water partition coefficient (Wildman–Crippen LogP) is 6.29. The van der Waals surface area contributed by atoms with Crippen LogP contribution in [0.3, 0.4) is 0 Å². The molecule has 0 fully saturated rings. The molecule has 1 N–H and O–H groups in total. The van der Waals surface area contributed by atoms with Gasteiger partial charge in [-0.05, 0) is 42.0 Å². The van der Waals surface area contributed by atoms with Crippen molar-refractivity contribution in [2.75, 3.05) is 5.75 Å². The fourth-order valence-corrected chi connectivity index (χ4v) is 4.65. The Kier molecular flexibility index (Phi) is 7.11. The lowest BCUT2D eigenvalue weighted by Crippen LogP contribution is -2.20. The van der Waals surface area contributed by atoms with Crippen LogP contribution in [0.1, 0.15) is 11.1 Å². The van der Waals surface area contributed by atoms with Gasteiger partial charge in [-0.2, -0.15) is 5.10 Å². The lowest BCUT2D eigenvalue weighted by Gasteiger charge is -2.10. The molecular formula is C28H22ClN5OS. The third-order valence-corrected chi connectivity index (χ3v) is 6.76. The number of carbonyl (C=O) groups is 1. The third-order valence-electron chi connectivity index (χ3n) is 5.58. The zero-order chi connectivity index (χ0) is 24.9. The van der Waals surface area contributed by atoms with E-state index in [0.29, 0.717) is 16.0 Å². The predicted molar refractivity (Wildman–Crippen MR) is 147 cm³/mol. The lowest BCUT2D eigenvalue weighted by molar-refractivity contribution is -0.118. The van der Waals surface area contributed by atoms with Gasteiger partial charge in [-0.1, -0.05) is 95.7 Å². The van der Waals surface area contributed by atoms with Crippen molar-refractivity contribution in [3.05, 3.63) is 107 Å². The molecule has 0 atom stereocenters. The minimum absolute atomic E-state index is 0.131. The summed E-state index contributed by atoms with van der Waals surface area (Å²) in [6.45, 7) is 2.04. The van der Waals surface area contributed by atoms with Crippen molar-refractivity contribution < 1.29 is 4.79 Å². The molecule has 0 aliphatic rings. The van der Waals surface area contributed by atoms with E-state index >= 15 is 0 Å². The number of aromatic nitrogens is 3. The molecule has 5 aromatic rings. The average molecular weight is 512 g/mol. The summed E-state index contributed by atoms with van der Waals surface area (Å²) in [5, 5.41) is 16.4. The number of fused-ring (bicyclic) bond motifs is 1. The molecule has 36 heavy (non-hydrogen) atoms. The Balaban J connectivity index is 1.33. The molecule has 0 aliphatic heterocycles. The van der Waals surface area contributed by atoms with Crippen LogP contribution in [0, 0.1) is 6.92 Å². The Morgan fingerprint density at radius 3 is 2.53 bits per heavy atom. The molecule has 178 valence electrons. The topological polar surface area (TPSA) is 72.2 Å². The van der Waals surface area contributed by atoms with Gasteiger partial charge in [-0.25, -0.2) is 5.43 Å². The molecule has 8 heteroatoms. The van der Waals surface area contributed by atoms with Crippen LogP contribution >= 0.6 is 23.4 Å². The summed E-state index contributed by atoms with van der Waals surface area (Å²) in [7, 11) is 0. The lowest BCUT2D eigenvalue weighted by atomic mass is 10.1. The molecular weight excluding hydrogens is 490 g/mol. The van der Waals surface area contributed by atoms with Crippen molar-refractivity contribution in [1.82, 2.24) is 20.2 Å². The summed E-state index contributed by atoms with van der Waals surface area (Å²) in [6.07, 6.45) is 1.66. The van der Waals surface area contributed by atoms with Crippen molar-refractivity contribution in [3.63, 3.8) is 0 Å². The first-order chi connectivity index (χ1) is 17.6. The first-order valence-electron chi connectivity index (χ1n) is 11.3. The van der Waals surface area contributed by atoms with Crippen molar-refractivity contribution in [1.29, 1.82) is 0 Å². The van der Waals surface area contributed by atoms with Crippen LogP contribution in [0.15, 0.2) is 101 Å². The highest BCUT2D eigenvalue weighted by Gasteiger charge is 2.17. The van der Waals surface area contributed by atoms with E-state index in [1.54, 1.807) is 6.21 Å². The number of hydrogen-bond acceptors (Lipinski definition) is 5. The van der Waals surface area contributed by atoms with Gasteiger partial charge in [0, 0.05) is 21.8 Å². The van der Waals surface area contributed by atoms with Crippen LogP contribution in [0.25, 0.3) is 27.8 Å². The average Bonchev–Trinajstić information content (AvgIpc) is 3.32. The van der Waals surface area contributed by atoms with Crippen LogP contribution in [0.4, 0.5) is 0 Å². The van der Waals surface area contributed by atoms with E-state index in [1.807, 2.05) is 102 Å². The monoisotopic (exact) mass is 511 g/mol. The van der Waals surface area contributed by atoms with Crippen molar-refractivity contribution in [2.45, 2.75) is 12.1 Å². The van der Waals surface area contributed by atoms with Crippen molar-refractivity contribution >= 4 is 46.3 Å². The first-order valence-corrected chi connectivity index (χ1v) is 12.7. The number of nitrogens with zero attached hydrogens (tertiary/aromatic N) is 4. The highest BCUT2D eigenvalue weighted by Crippen LogP contribution is 2.28. The van der Waals surface area contributed by atoms with Gasteiger partial charge in [-0.3, -0.25) is 9.36 Å². The molecule has 1 heterocycles. The van der Waals surface area contributed by atoms with E-state index in [4.69, 9.17) is 11.6 Å². The number of rotatable bonds is 7. The Bertz CT molecular complexity index is 1540. The van der Waals surface area contributed by atoms with Crippen LogP contribution in [-0.2, 0) is 4.79 Å². The fraction of sp³-hybridized carbons (Fsp3) is 0.0714. The van der Waals surface area contributed by atoms with E-state index < -0.39 is 0 Å². The summed E-state index contributed by atoms with van der Waals surface area (Å²) in [5.74, 6) is 0.584. The maximum Gasteiger partial charge on any atom is 0.250 e. The summed E-state index contributed by atoms with van der Waals surface area (Å²) in [5.41, 5.74) is 6.50. The number of benzene rings is 4. The second-order valence-electron chi connectivity index (χ2n) is 8.13. The summed E-state index contributed by atoms with van der Waals surface area (Å²) in [6, 6.07) is 29.6. The Morgan fingerprint density at radius 1 is 0.972 bits per heavy atom. The highest BCUT2D eigenvalue weighted by molar-refractivity contribution is 7.99. The SMILES string of the molecule is Cc1ccc(-c2nnc(SCC(=O)N/N=C/c3cccc4ccccc34)n2-c2ccc(Cl)cc2)cc1. The van der Waals surface area contributed by atoms with Crippen LogP contribution in [0.5, 0.6) is 0 Å². The number of hydrazone groups is 1. The Morgan fingerprint density at radius 2 is 1.72 bits per heavy atom. The molecule has 0 unspecified atom stereocenters. The minimum atomic E-state index is -0.237. The van der Waals surface area contributed by atoms with Gasteiger partial charge in [0.25, 0.3) is 5.91 Å². The number of carbonyl (C=O) groups excluding carboxylic acids is 1. The zero-order valence-electron chi connectivity index (χ0n) is 19.4. The standard InChI is InChI=1S/C28H22ClN5OS/c1-19-9-11-21(12-10-19)27-32-33-28(34(27)24-15-13-23(29)14-16-24)36-18-26(35)31-30-17-22-7-4-6-20-5-2-3-8-25(20)22/h2-17H,18H2,1H3,(H,31,35)/b30-17+. The molecule has 0 saturated carbocycles. The van der Waals surface area contributed by atoms with Crippen molar-refractivity contribution in [2.24, 2.45) is 5.10 Å². The second kappa shape index (κ2) is 10.8. The number of nitrogens with one attached hydrogen (secondary N) is 1. The van der Waals surface area contributed by atoms with Gasteiger partial charge in [0.05, 0.1) is 12.0 Å². The van der Waals surface area contributed by atoms with Gasteiger partial charge < -0.3 is 0 Å². The maximum atomic E-state index is 12.6. The Hall–Kier alpha value is -3.94. The van der Waals surface area contributed by atoms with Crippen molar-refractivity contribution in [3.8, 4) is 17.1 Å². The van der Waals surface area contributed by atoms with E-state index in [2.05, 4.69) is 20.7 Å². The molecule has 0 bridgehead atoms. The van der Waals surface area contributed by atoms with Gasteiger partial charge in [0.2, 0.25) is 0 Å². The molecule has 0 spiro atoms. The largest absolute Gasteiger partial charge is 0.272 e. The smallest absolute Gasteiger partial charge is 0.250 e. The second-order valence-corrected chi connectivity index (χ2v) is 9.51. The molecule has 5 rings (SSSR count). The third kappa shape index (κ3) is 5.32. The molecule has 1 aromatic heterocycles. The fourth-order valence-electron chi connectivity index (χ4n) is 3.78. The van der Waals surface area contributed by atoms with Crippen LogP contribution in [0.2, 0.25) is 5.02 Å². The number of amides is 1. The molecule has 6 nitrogen and oxygen atoms in total. The first kappa shape index (κ1) is 23.8. The van der Waals surface area contributed by atoms with Gasteiger partial charge >= 0.3 is 0 Å². The van der Waals surface area contributed by atoms with Gasteiger partial charge in [0.1, 0.15) is 0 Å². The van der Waals surface area contributed by atoms with Crippen LogP contribution in [-0.4, -0.2) is 32.6 Å². The minimum Gasteiger partial charge on any atom is -0.272 e. The molecule has 0 saturated heterocycles. The number of halogens is 1. The highest BCUT2D eigenvalue weighted by atomic mass is 35.5. The number of thioether (sulfide) groups is 1. The van der Waals surface area contributed by atoms with E-state index in [1.165, 1.54) is 11.8 Å². The van der Waals surface area contributed by atoms with Gasteiger partial charge in [-0.15, -0.1) is 10.2 Å². The quantitative estimate of drug-likeness (QED) is 0.158. The summed E-state index contributed by atoms with van der Waals surface area (Å²) >= 11 is 7.39. The zero-order valence-corrected chi connectivity index (χ0v) is 21.0. The van der Waals surface area contributed by atoms with E-state index in [0.717, 1.165) is 33.2 Å². The number of hydrogen-bond donors (Lipinski definition) is 1. The molecule has 0 radical (unpaired) electrons. The molecule has 0 aliphatic carbocycles. The summed E-state index contributed by atoms with van der Waals surface area (Å²) < 4.78 is 1.93. The van der Waals surface area contributed by atoms with Gasteiger partial charge in [0.15, 0.2) is 11.0 Å². The Labute approximate surface area is 218 Å².